The fourth-order valence-corrected chi connectivity index (χ4v) is 9.00. The number of amides is 1. The van der Waals surface area contributed by atoms with Crippen molar-refractivity contribution in [2.75, 3.05) is 30.3 Å². The first kappa shape index (κ1) is 28.3. The van der Waals surface area contributed by atoms with Crippen molar-refractivity contribution in [3.8, 4) is 0 Å². The Morgan fingerprint density at radius 3 is 2.40 bits per heavy atom. The number of aromatic nitrogens is 1. The maximum atomic E-state index is 13.3. The van der Waals surface area contributed by atoms with Crippen LogP contribution in [0.15, 0.2) is 39.6 Å². The number of benzene rings is 1. The third-order valence-electron chi connectivity index (χ3n) is 5.80. The quantitative estimate of drug-likeness (QED) is 0.229. The predicted octanol–water partition coefficient (Wildman–Crippen LogP) is 6.16. The molecule has 0 spiro atoms. The SMILES string of the molecule is CCOP(=O)(CSc1cnc(NC(=O)[C@H](CC2CCCC2)c2ccc(S(C)(=O)=O)cc2)s1)OCC. The molecule has 0 bridgehead atoms. The van der Waals surface area contributed by atoms with Crippen LogP contribution >= 0.6 is 30.7 Å². The first-order chi connectivity index (χ1) is 16.6. The molecular weight excluding hydrogens is 527 g/mol. The van der Waals surface area contributed by atoms with Gasteiger partial charge in [-0.1, -0.05) is 49.2 Å². The number of carbonyl (C=O) groups excluding carboxylic acids is 1. The van der Waals surface area contributed by atoms with Crippen molar-refractivity contribution in [3.63, 3.8) is 0 Å². The van der Waals surface area contributed by atoms with Crippen LogP contribution in [0.3, 0.4) is 0 Å². The standard InChI is InChI=1S/C23H33N2O6PS3/c1-4-30-32(27,31-5-2)16-33-21-15-24-23(34-21)25-22(26)20(14-17-8-6-7-9-17)18-10-12-19(13-11-18)35(3,28)29/h10-13,15,17,20H,4-9,14,16H2,1-3H3,(H,24,25,26)/t20-/m1/s1. The van der Waals surface area contributed by atoms with Gasteiger partial charge in [0.05, 0.1) is 34.4 Å². The summed E-state index contributed by atoms with van der Waals surface area (Å²) in [4.78, 5) is 17.9. The number of rotatable bonds is 13. The molecule has 1 aliphatic rings. The van der Waals surface area contributed by atoms with Gasteiger partial charge in [-0.2, -0.15) is 0 Å². The minimum absolute atomic E-state index is 0.163. The largest absolute Gasteiger partial charge is 0.340 e. The van der Waals surface area contributed by atoms with Crippen LogP contribution in [0.1, 0.15) is 57.4 Å². The van der Waals surface area contributed by atoms with Crippen LogP contribution in [-0.4, -0.2) is 44.3 Å². The van der Waals surface area contributed by atoms with E-state index in [0.29, 0.717) is 30.7 Å². The summed E-state index contributed by atoms with van der Waals surface area (Å²) < 4.78 is 47.8. The second kappa shape index (κ2) is 12.8. The van der Waals surface area contributed by atoms with E-state index in [0.717, 1.165) is 22.6 Å². The molecule has 0 saturated heterocycles. The second-order valence-corrected chi connectivity index (χ2v) is 15.3. The van der Waals surface area contributed by atoms with Gasteiger partial charge in [0, 0.05) is 6.26 Å². The van der Waals surface area contributed by atoms with Gasteiger partial charge in [-0.05, 0) is 43.9 Å². The van der Waals surface area contributed by atoms with E-state index in [1.165, 1.54) is 42.2 Å². The Morgan fingerprint density at radius 2 is 1.83 bits per heavy atom. The molecule has 1 aliphatic carbocycles. The monoisotopic (exact) mass is 560 g/mol. The Morgan fingerprint density at radius 1 is 1.20 bits per heavy atom. The van der Waals surface area contributed by atoms with Crippen molar-refractivity contribution in [3.05, 3.63) is 36.0 Å². The molecule has 1 aromatic heterocycles. The number of hydrogen-bond donors (Lipinski definition) is 1. The van der Waals surface area contributed by atoms with Gasteiger partial charge in [-0.3, -0.25) is 9.36 Å². The Hall–Kier alpha value is -1.23. The topological polar surface area (TPSA) is 112 Å². The van der Waals surface area contributed by atoms with E-state index in [9.17, 15) is 17.8 Å². The third kappa shape index (κ3) is 8.40. The molecule has 1 atom stereocenters. The smallest absolute Gasteiger partial charge is 0.308 e. The van der Waals surface area contributed by atoms with Crippen molar-refractivity contribution in [2.45, 2.75) is 61.0 Å². The molecule has 1 amide bonds. The summed E-state index contributed by atoms with van der Waals surface area (Å²) in [5.74, 6) is -0.0962. The molecule has 1 N–H and O–H groups in total. The highest BCUT2D eigenvalue weighted by Crippen LogP contribution is 2.52. The summed E-state index contributed by atoms with van der Waals surface area (Å²) in [6.45, 7) is 4.14. The zero-order valence-corrected chi connectivity index (χ0v) is 23.6. The molecule has 1 aromatic carbocycles. The molecule has 0 radical (unpaired) electrons. The Balaban J connectivity index is 1.70. The lowest BCUT2D eigenvalue weighted by Crippen LogP contribution is -2.23. The van der Waals surface area contributed by atoms with Gasteiger partial charge in [0.25, 0.3) is 0 Å². The zero-order valence-electron chi connectivity index (χ0n) is 20.3. The Kier molecular flexibility index (Phi) is 10.4. The van der Waals surface area contributed by atoms with Crippen molar-refractivity contribution >= 4 is 51.6 Å². The number of thioether (sulfide) groups is 1. The highest BCUT2D eigenvalue weighted by Gasteiger charge is 2.28. The van der Waals surface area contributed by atoms with Crippen molar-refractivity contribution in [1.82, 2.24) is 4.98 Å². The summed E-state index contributed by atoms with van der Waals surface area (Å²) in [6.07, 6.45) is 8.07. The number of nitrogens with one attached hydrogen (secondary N) is 1. The molecule has 1 fully saturated rings. The van der Waals surface area contributed by atoms with Crippen LogP contribution in [0.25, 0.3) is 0 Å². The maximum absolute atomic E-state index is 13.3. The van der Waals surface area contributed by atoms with Gasteiger partial charge in [0.2, 0.25) is 5.91 Å². The number of carbonyl (C=O) groups is 1. The van der Waals surface area contributed by atoms with Crippen molar-refractivity contribution in [1.29, 1.82) is 0 Å². The number of anilines is 1. The van der Waals surface area contributed by atoms with Crippen LogP contribution in [0.4, 0.5) is 5.13 Å². The van der Waals surface area contributed by atoms with Gasteiger partial charge in [0.1, 0.15) is 5.49 Å². The molecule has 35 heavy (non-hydrogen) atoms. The molecule has 1 heterocycles. The summed E-state index contributed by atoms with van der Waals surface area (Å²) in [7, 11) is -6.49. The molecule has 3 rings (SSSR count). The minimum atomic E-state index is -3.31. The van der Waals surface area contributed by atoms with Gasteiger partial charge < -0.3 is 14.4 Å². The molecule has 2 aromatic rings. The Bertz CT molecular complexity index is 1120. The molecule has 12 heteroatoms. The predicted molar refractivity (Wildman–Crippen MR) is 141 cm³/mol. The van der Waals surface area contributed by atoms with E-state index in [1.54, 1.807) is 44.3 Å². The van der Waals surface area contributed by atoms with E-state index in [4.69, 9.17) is 9.05 Å². The summed E-state index contributed by atoms with van der Waals surface area (Å²) in [6, 6.07) is 6.59. The molecular formula is C23H33N2O6PS3. The minimum Gasteiger partial charge on any atom is -0.308 e. The summed E-state index contributed by atoms with van der Waals surface area (Å²) in [5, 5.41) is 3.39. The zero-order chi connectivity index (χ0) is 25.5. The first-order valence-corrected chi connectivity index (χ1v) is 17.1. The maximum Gasteiger partial charge on any atom is 0.340 e. The number of hydrogen-bond acceptors (Lipinski definition) is 9. The van der Waals surface area contributed by atoms with Crippen molar-refractivity contribution < 1.29 is 26.8 Å². The van der Waals surface area contributed by atoms with E-state index in [2.05, 4.69) is 10.3 Å². The average molecular weight is 561 g/mol. The molecule has 1 saturated carbocycles. The van der Waals surface area contributed by atoms with Crippen LogP contribution in [0.5, 0.6) is 0 Å². The molecule has 8 nitrogen and oxygen atoms in total. The fourth-order valence-electron chi connectivity index (χ4n) is 4.15. The van der Waals surface area contributed by atoms with Crippen LogP contribution in [0.2, 0.25) is 0 Å². The van der Waals surface area contributed by atoms with Gasteiger partial charge in [0.15, 0.2) is 15.0 Å². The Labute approximate surface area is 216 Å². The summed E-state index contributed by atoms with van der Waals surface area (Å²) >= 11 is 2.63. The fraction of sp³-hybridized carbons (Fsp3) is 0.565. The van der Waals surface area contributed by atoms with Gasteiger partial charge in [-0.15, -0.1) is 11.8 Å². The molecule has 194 valence electrons. The van der Waals surface area contributed by atoms with Gasteiger partial charge in [-0.25, -0.2) is 13.4 Å². The highest BCUT2D eigenvalue weighted by atomic mass is 32.2. The number of thiazole rings is 1. The normalized spacial score (nSPS) is 15.9. The van der Waals surface area contributed by atoms with E-state index >= 15 is 0 Å². The number of sulfone groups is 1. The van der Waals surface area contributed by atoms with E-state index in [1.807, 2.05) is 0 Å². The van der Waals surface area contributed by atoms with E-state index in [-0.39, 0.29) is 16.3 Å². The lowest BCUT2D eigenvalue weighted by atomic mass is 9.87. The van der Waals surface area contributed by atoms with Crippen LogP contribution in [0, 0.1) is 5.92 Å². The lowest BCUT2D eigenvalue weighted by Gasteiger charge is -2.20. The highest BCUT2D eigenvalue weighted by molar-refractivity contribution is 8.06. The van der Waals surface area contributed by atoms with Crippen LogP contribution in [-0.2, 0) is 28.2 Å². The first-order valence-electron chi connectivity index (χ1n) is 11.7. The molecule has 0 aliphatic heterocycles. The average Bonchev–Trinajstić information content (AvgIpc) is 3.48. The van der Waals surface area contributed by atoms with Crippen molar-refractivity contribution in [2.24, 2.45) is 5.92 Å². The van der Waals surface area contributed by atoms with Gasteiger partial charge >= 0.3 is 7.60 Å². The number of nitrogens with zero attached hydrogens (tertiary/aromatic N) is 1. The third-order valence-corrected chi connectivity index (χ3v) is 11.7. The summed E-state index contributed by atoms with van der Waals surface area (Å²) in [5.41, 5.74) is 0.962. The van der Waals surface area contributed by atoms with Crippen LogP contribution < -0.4 is 5.32 Å². The molecule has 0 unspecified atom stereocenters. The second-order valence-electron chi connectivity index (χ2n) is 8.47. The van der Waals surface area contributed by atoms with E-state index < -0.39 is 23.4 Å². The lowest BCUT2D eigenvalue weighted by molar-refractivity contribution is -0.118.